The molecule has 144 valence electrons. The van der Waals surface area contributed by atoms with E-state index in [0.717, 1.165) is 11.1 Å². The first-order valence-electron chi connectivity index (χ1n) is 9.09. The predicted octanol–water partition coefficient (Wildman–Crippen LogP) is 4.34. The van der Waals surface area contributed by atoms with E-state index in [4.69, 9.17) is 9.47 Å². The van der Waals surface area contributed by atoms with Crippen molar-refractivity contribution in [1.82, 2.24) is 9.97 Å². The Morgan fingerprint density at radius 1 is 0.964 bits per heavy atom. The van der Waals surface area contributed by atoms with E-state index in [0.29, 0.717) is 24.1 Å². The quantitative estimate of drug-likeness (QED) is 0.663. The number of benzene rings is 1. The summed E-state index contributed by atoms with van der Waals surface area (Å²) in [5, 5.41) is 2.88. The molecule has 2 aromatic heterocycles. The average molecular weight is 377 g/mol. The van der Waals surface area contributed by atoms with Gasteiger partial charge in [-0.15, -0.1) is 0 Å². The highest BCUT2D eigenvalue weighted by molar-refractivity contribution is 5.97. The lowest BCUT2D eigenvalue weighted by Crippen LogP contribution is -2.42. The fraction of sp³-hybridized carbons (Fsp3) is 0.227. The third kappa shape index (κ3) is 4.85. The highest BCUT2D eigenvalue weighted by atomic mass is 16.5. The van der Waals surface area contributed by atoms with Gasteiger partial charge in [0, 0.05) is 35.8 Å². The number of carbonyl (C=O) groups excluding carboxylic acids is 1. The van der Waals surface area contributed by atoms with Crippen molar-refractivity contribution in [2.75, 3.05) is 11.9 Å². The molecule has 6 heteroatoms. The van der Waals surface area contributed by atoms with Crippen molar-refractivity contribution in [3.8, 4) is 22.9 Å². The van der Waals surface area contributed by atoms with Crippen LogP contribution < -0.4 is 14.8 Å². The summed E-state index contributed by atoms with van der Waals surface area (Å²) in [6.07, 6.45) is 3.39. The van der Waals surface area contributed by atoms with E-state index in [1.165, 1.54) is 0 Å². The van der Waals surface area contributed by atoms with Crippen LogP contribution in [0.1, 0.15) is 20.8 Å². The summed E-state index contributed by atoms with van der Waals surface area (Å²) >= 11 is 0. The van der Waals surface area contributed by atoms with Crippen LogP contribution in [0.3, 0.4) is 0 Å². The molecule has 0 radical (unpaired) electrons. The standard InChI is InChI=1S/C22H23N3O3/c1-4-27-19-13-10-17(15-24-19)16-8-11-18(12-9-16)25-21(26)22(2,3)28-20-7-5-6-14-23-20/h5-15H,4H2,1-3H3,(H,25,26). The molecule has 0 aliphatic rings. The minimum absolute atomic E-state index is 0.256. The molecule has 2 heterocycles. The third-order valence-electron chi connectivity index (χ3n) is 4.05. The maximum atomic E-state index is 12.6. The second-order valence-electron chi connectivity index (χ2n) is 6.63. The monoisotopic (exact) mass is 377 g/mol. The maximum Gasteiger partial charge on any atom is 0.268 e. The van der Waals surface area contributed by atoms with E-state index in [1.807, 2.05) is 49.4 Å². The lowest BCUT2D eigenvalue weighted by atomic mass is 10.1. The van der Waals surface area contributed by atoms with Gasteiger partial charge in [0.05, 0.1) is 6.61 Å². The van der Waals surface area contributed by atoms with Gasteiger partial charge in [0.15, 0.2) is 5.60 Å². The van der Waals surface area contributed by atoms with Crippen molar-refractivity contribution in [1.29, 1.82) is 0 Å². The number of aromatic nitrogens is 2. The minimum Gasteiger partial charge on any atom is -0.478 e. The van der Waals surface area contributed by atoms with Gasteiger partial charge in [-0.1, -0.05) is 18.2 Å². The molecule has 1 aromatic carbocycles. The minimum atomic E-state index is -1.06. The van der Waals surface area contributed by atoms with Crippen LogP contribution in [0.2, 0.25) is 0 Å². The predicted molar refractivity (Wildman–Crippen MR) is 108 cm³/mol. The summed E-state index contributed by atoms with van der Waals surface area (Å²) < 4.78 is 11.1. The van der Waals surface area contributed by atoms with Gasteiger partial charge in [-0.2, -0.15) is 0 Å². The first-order chi connectivity index (χ1) is 13.5. The second kappa shape index (κ2) is 8.52. The smallest absolute Gasteiger partial charge is 0.268 e. The number of hydrogen-bond donors (Lipinski definition) is 1. The average Bonchev–Trinajstić information content (AvgIpc) is 2.70. The molecule has 1 amide bonds. The Morgan fingerprint density at radius 2 is 1.71 bits per heavy atom. The molecule has 0 atom stereocenters. The topological polar surface area (TPSA) is 73.3 Å². The van der Waals surface area contributed by atoms with Crippen LogP contribution in [-0.4, -0.2) is 28.1 Å². The molecule has 0 aliphatic carbocycles. The van der Waals surface area contributed by atoms with E-state index >= 15 is 0 Å². The van der Waals surface area contributed by atoms with Crippen molar-refractivity contribution >= 4 is 11.6 Å². The number of anilines is 1. The van der Waals surface area contributed by atoms with E-state index < -0.39 is 5.60 Å². The Bertz CT molecular complexity index is 908. The Hall–Kier alpha value is -3.41. The van der Waals surface area contributed by atoms with Gasteiger partial charge in [0.1, 0.15) is 0 Å². The molecule has 0 saturated heterocycles. The number of nitrogens with zero attached hydrogens (tertiary/aromatic N) is 2. The Kier molecular flexibility index (Phi) is 5.89. The van der Waals surface area contributed by atoms with Crippen LogP contribution >= 0.6 is 0 Å². The van der Waals surface area contributed by atoms with Gasteiger partial charge in [0.2, 0.25) is 11.8 Å². The Labute approximate surface area is 164 Å². The van der Waals surface area contributed by atoms with Crippen molar-refractivity contribution in [3.63, 3.8) is 0 Å². The lowest BCUT2D eigenvalue weighted by molar-refractivity contribution is -0.128. The third-order valence-corrected chi connectivity index (χ3v) is 4.05. The summed E-state index contributed by atoms with van der Waals surface area (Å²) in [6.45, 7) is 5.92. The molecule has 28 heavy (non-hydrogen) atoms. The summed E-state index contributed by atoms with van der Waals surface area (Å²) in [6, 6.07) is 16.7. The van der Waals surface area contributed by atoms with Crippen LogP contribution in [-0.2, 0) is 4.79 Å². The maximum absolute atomic E-state index is 12.6. The van der Waals surface area contributed by atoms with Gasteiger partial charge >= 0.3 is 0 Å². The number of hydrogen-bond acceptors (Lipinski definition) is 5. The highest BCUT2D eigenvalue weighted by Crippen LogP contribution is 2.23. The van der Waals surface area contributed by atoms with Gasteiger partial charge < -0.3 is 14.8 Å². The van der Waals surface area contributed by atoms with Crippen LogP contribution in [0.15, 0.2) is 67.0 Å². The van der Waals surface area contributed by atoms with Crippen molar-refractivity contribution in [3.05, 3.63) is 67.0 Å². The van der Waals surface area contributed by atoms with Gasteiger partial charge in [-0.25, -0.2) is 9.97 Å². The normalized spacial score (nSPS) is 11.0. The van der Waals surface area contributed by atoms with Crippen molar-refractivity contribution in [2.24, 2.45) is 0 Å². The zero-order chi connectivity index (χ0) is 20.0. The lowest BCUT2D eigenvalue weighted by Gasteiger charge is -2.24. The molecule has 0 spiro atoms. The van der Waals surface area contributed by atoms with Crippen LogP contribution in [0.25, 0.3) is 11.1 Å². The molecule has 0 unspecified atom stereocenters. The molecule has 0 fully saturated rings. The van der Waals surface area contributed by atoms with E-state index in [2.05, 4.69) is 15.3 Å². The molecule has 0 aliphatic heterocycles. The molecular weight excluding hydrogens is 354 g/mol. The Morgan fingerprint density at radius 3 is 2.32 bits per heavy atom. The summed E-state index contributed by atoms with van der Waals surface area (Å²) in [7, 11) is 0. The molecule has 6 nitrogen and oxygen atoms in total. The Balaban J connectivity index is 1.65. The van der Waals surface area contributed by atoms with Gasteiger partial charge in [-0.3, -0.25) is 4.79 Å². The summed E-state index contributed by atoms with van der Waals surface area (Å²) in [5.74, 6) is 0.750. The molecule has 3 aromatic rings. The second-order valence-corrected chi connectivity index (χ2v) is 6.63. The van der Waals surface area contributed by atoms with E-state index in [9.17, 15) is 4.79 Å². The number of nitrogens with one attached hydrogen (secondary N) is 1. The first-order valence-corrected chi connectivity index (χ1v) is 9.09. The van der Waals surface area contributed by atoms with Crippen LogP contribution in [0.5, 0.6) is 11.8 Å². The number of ether oxygens (including phenoxy) is 2. The van der Waals surface area contributed by atoms with Gasteiger partial charge in [-0.05, 0) is 50.6 Å². The zero-order valence-corrected chi connectivity index (χ0v) is 16.2. The van der Waals surface area contributed by atoms with E-state index in [1.54, 1.807) is 38.4 Å². The first kappa shape index (κ1) is 19.4. The largest absolute Gasteiger partial charge is 0.478 e. The van der Waals surface area contributed by atoms with Crippen molar-refractivity contribution < 1.29 is 14.3 Å². The summed E-state index contributed by atoms with van der Waals surface area (Å²) in [5.41, 5.74) is 1.59. The SMILES string of the molecule is CCOc1ccc(-c2ccc(NC(=O)C(C)(C)Oc3ccccn3)cc2)cn1. The number of pyridine rings is 2. The molecule has 0 bridgehead atoms. The molecule has 0 saturated carbocycles. The zero-order valence-electron chi connectivity index (χ0n) is 16.2. The fourth-order valence-corrected chi connectivity index (χ4v) is 2.53. The number of rotatable bonds is 7. The fourth-order valence-electron chi connectivity index (χ4n) is 2.53. The molecular formula is C22H23N3O3. The molecule has 3 rings (SSSR count). The van der Waals surface area contributed by atoms with E-state index in [-0.39, 0.29) is 5.91 Å². The number of carbonyl (C=O) groups is 1. The highest BCUT2D eigenvalue weighted by Gasteiger charge is 2.30. The molecule has 1 N–H and O–H groups in total. The van der Waals surface area contributed by atoms with Crippen molar-refractivity contribution in [2.45, 2.75) is 26.4 Å². The van der Waals surface area contributed by atoms with Crippen LogP contribution in [0, 0.1) is 0 Å². The van der Waals surface area contributed by atoms with Gasteiger partial charge in [0.25, 0.3) is 5.91 Å². The summed E-state index contributed by atoms with van der Waals surface area (Å²) in [4.78, 5) is 21.0. The van der Waals surface area contributed by atoms with Crippen LogP contribution in [0.4, 0.5) is 5.69 Å². The number of amides is 1.